The third kappa shape index (κ3) is 3.65. The molecule has 0 radical (unpaired) electrons. The summed E-state index contributed by atoms with van der Waals surface area (Å²) in [5.41, 5.74) is 0.854. The Balaban J connectivity index is 1.94. The number of carbonyl (C=O) groups is 1. The molecule has 21 heavy (non-hydrogen) atoms. The minimum atomic E-state index is -0.204. The molecule has 1 aliphatic rings. The summed E-state index contributed by atoms with van der Waals surface area (Å²) in [6.45, 7) is 4.85. The van der Waals surface area contributed by atoms with Gasteiger partial charge in [0.2, 0.25) is 5.91 Å². The van der Waals surface area contributed by atoms with Crippen molar-refractivity contribution in [3.8, 4) is 0 Å². The van der Waals surface area contributed by atoms with E-state index in [0.29, 0.717) is 6.54 Å². The average molecular weight is 289 g/mol. The van der Waals surface area contributed by atoms with Gasteiger partial charge in [0.05, 0.1) is 12.0 Å². The van der Waals surface area contributed by atoms with E-state index < -0.39 is 0 Å². The van der Waals surface area contributed by atoms with Crippen molar-refractivity contribution < 1.29 is 9.90 Å². The van der Waals surface area contributed by atoms with E-state index in [1.54, 1.807) is 0 Å². The largest absolute Gasteiger partial charge is 0.396 e. The van der Waals surface area contributed by atoms with Crippen molar-refractivity contribution in [2.75, 3.05) is 13.2 Å². The van der Waals surface area contributed by atoms with E-state index in [9.17, 15) is 9.90 Å². The van der Waals surface area contributed by atoms with Crippen LogP contribution in [0.2, 0.25) is 0 Å². The molecule has 2 rings (SSSR count). The first-order valence-corrected chi connectivity index (χ1v) is 8.03. The Morgan fingerprint density at radius 1 is 1.24 bits per heavy atom. The third-order valence-corrected chi connectivity index (χ3v) is 5.18. The van der Waals surface area contributed by atoms with Gasteiger partial charge in [-0.3, -0.25) is 4.79 Å². The van der Waals surface area contributed by atoms with Crippen LogP contribution in [0.5, 0.6) is 0 Å². The van der Waals surface area contributed by atoms with Gasteiger partial charge in [0.25, 0.3) is 0 Å². The Morgan fingerprint density at radius 2 is 1.86 bits per heavy atom. The third-order valence-electron chi connectivity index (χ3n) is 5.18. The predicted molar refractivity (Wildman–Crippen MR) is 84.9 cm³/mol. The zero-order valence-electron chi connectivity index (χ0n) is 13.2. The molecule has 0 saturated heterocycles. The SMILES string of the molecule is CCC(CC)(CO)CNC(=O)C1(Cc2ccccc2)CC1. The zero-order chi connectivity index (χ0) is 15.3. The van der Waals surface area contributed by atoms with Gasteiger partial charge in [-0.15, -0.1) is 0 Å². The molecule has 0 atom stereocenters. The summed E-state index contributed by atoms with van der Waals surface area (Å²) in [7, 11) is 0. The number of hydrogen-bond donors (Lipinski definition) is 2. The molecule has 1 aromatic carbocycles. The Hall–Kier alpha value is -1.35. The van der Waals surface area contributed by atoms with Gasteiger partial charge in [-0.25, -0.2) is 0 Å². The van der Waals surface area contributed by atoms with Gasteiger partial charge in [0.15, 0.2) is 0 Å². The fourth-order valence-corrected chi connectivity index (χ4v) is 2.86. The van der Waals surface area contributed by atoms with E-state index >= 15 is 0 Å². The zero-order valence-corrected chi connectivity index (χ0v) is 13.2. The highest BCUT2D eigenvalue weighted by atomic mass is 16.3. The summed E-state index contributed by atoms with van der Waals surface area (Å²) in [4.78, 5) is 12.5. The quantitative estimate of drug-likeness (QED) is 0.773. The smallest absolute Gasteiger partial charge is 0.226 e. The summed E-state index contributed by atoms with van der Waals surface area (Å²) in [6.07, 6.45) is 4.53. The number of carbonyl (C=O) groups excluding carboxylic acids is 1. The normalized spacial score (nSPS) is 16.5. The minimum absolute atomic E-state index is 0.131. The van der Waals surface area contributed by atoms with E-state index in [0.717, 1.165) is 32.1 Å². The summed E-state index contributed by atoms with van der Waals surface area (Å²) < 4.78 is 0. The van der Waals surface area contributed by atoms with Crippen LogP contribution in [0.25, 0.3) is 0 Å². The minimum Gasteiger partial charge on any atom is -0.396 e. The van der Waals surface area contributed by atoms with Crippen LogP contribution in [0.1, 0.15) is 45.1 Å². The molecule has 0 heterocycles. The fraction of sp³-hybridized carbons (Fsp3) is 0.611. The maximum absolute atomic E-state index is 12.5. The lowest BCUT2D eigenvalue weighted by atomic mass is 9.83. The summed E-state index contributed by atoms with van der Waals surface area (Å²) in [5.74, 6) is 0.158. The van der Waals surface area contributed by atoms with Gasteiger partial charge < -0.3 is 10.4 Å². The van der Waals surface area contributed by atoms with Crippen LogP contribution in [0.15, 0.2) is 30.3 Å². The van der Waals surface area contributed by atoms with Crippen LogP contribution in [-0.4, -0.2) is 24.2 Å². The second-order valence-electron chi connectivity index (χ2n) is 6.49. The molecule has 1 aromatic rings. The van der Waals surface area contributed by atoms with Gasteiger partial charge in [0.1, 0.15) is 0 Å². The van der Waals surface area contributed by atoms with Crippen molar-refractivity contribution in [1.29, 1.82) is 0 Å². The van der Waals surface area contributed by atoms with Crippen molar-refractivity contribution in [1.82, 2.24) is 5.32 Å². The molecule has 1 amide bonds. The first-order chi connectivity index (χ1) is 10.1. The van der Waals surface area contributed by atoms with Gasteiger partial charge in [0, 0.05) is 12.0 Å². The number of amides is 1. The summed E-state index contributed by atoms with van der Waals surface area (Å²) >= 11 is 0. The summed E-state index contributed by atoms with van der Waals surface area (Å²) in [6, 6.07) is 10.2. The molecule has 1 aliphatic carbocycles. The second kappa shape index (κ2) is 6.61. The standard InChI is InChI=1S/C18H27NO2/c1-3-17(4-2,14-20)13-19-16(21)18(10-11-18)12-15-8-6-5-7-9-15/h5-9,20H,3-4,10-14H2,1-2H3,(H,19,21). The van der Waals surface area contributed by atoms with Crippen molar-refractivity contribution in [2.24, 2.45) is 10.8 Å². The molecule has 1 saturated carbocycles. The van der Waals surface area contributed by atoms with Crippen molar-refractivity contribution in [3.05, 3.63) is 35.9 Å². The molecule has 0 unspecified atom stereocenters. The molecule has 116 valence electrons. The highest BCUT2D eigenvalue weighted by Crippen LogP contribution is 2.48. The van der Waals surface area contributed by atoms with Crippen molar-refractivity contribution >= 4 is 5.91 Å². The predicted octanol–water partition coefficient (Wildman–Crippen LogP) is 2.92. The molecule has 0 spiro atoms. The van der Waals surface area contributed by atoms with Crippen LogP contribution in [0, 0.1) is 10.8 Å². The van der Waals surface area contributed by atoms with Crippen molar-refractivity contribution in [2.45, 2.75) is 46.0 Å². The average Bonchev–Trinajstić information content (AvgIpc) is 3.31. The molecule has 0 bridgehead atoms. The van der Waals surface area contributed by atoms with Gasteiger partial charge in [-0.1, -0.05) is 44.2 Å². The molecule has 1 fully saturated rings. The summed E-state index contributed by atoms with van der Waals surface area (Å²) in [5, 5.41) is 12.7. The molecule has 0 aliphatic heterocycles. The molecule has 0 aromatic heterocycles. The van der Waals surface area contributed by atoms with Crippen LogP contribution >= 0.6 is 0 Å². The van der Waals surface area contributed by atoms with E-state index in [-0.39, 0.29) is 23.3 Å². The molecule has 2 N–H and O–H groups in total. The Bertz CT molecular complexity index is 453. The van der Waals surface area contributed by atoms with E-state index in [1.165, 1.54) is 5.56 Å². The number of hydrogen-bond acceptors (Lipinski definition) is 2. The topological polar surface area (TPSA) is 49.3 Å². The van der Waals surface area contributed by atoms with Gasteiger partial charge in [-0.05, 0) is 37.7 Å². The molecular weight excluding hydrogens is 262 g/mol. The maximum Gasteiger partial charge on any atom is 0.226 e. The first-order valence-electron chi connectivity index (χ1n) is 8.03. The molecule has 3 heteroatoms. The first kappa shape index (κ1) is 16.0. The van der Waals surface area contributed by atoms with Crippen LogP contribution in [-0.2, 0) is 11.2 Å². The maximum atomic E-state index is 12.5. The van der Waals surface area contributed by atoms with E-state index in [1.807, 2.05) is 18.2 Å². The number of aliphatic hydroxyl groups is 1. The Labute approximate surface area is 127 Å². The molecular formula is C18H27NO2. The Morgan fingerprint density at radius 3 is 2.33 bits per heavy atom. The van der Waals surface area contributed by atoms with Crippen LogP contribution in [0.4, 0.5) is 0 Å². The van der Waals surface area contributed by atoms with Crippen molar-refractivity contribution in [3.63, 3.8) is 0 Å². The van der Waals surface area contributed by atoms with E-state index in [4.69, 9.17) is 0 Å². The fourth-order valence-electron chi connectivity index (χ4n) is 2.86. The lowest BCUT2D eigenvalue weighted by Gasteiger charge is -2.30. The van der Waals surface area contributed by atoms with Gasteiger partial charge in [-0.2, -0.15) is 0 Å². The monoisotopic (exact) mass is 289 g/mol. The second-order valence-corrected chi connectivity index (χ2v) is 6.49. The molecule has 3 nitrogen and oxygen atoms in total. The van der Waals surface area contributed by atoms with Crippen LogP contribution in [0.3, 0.4) is 0 Å². The Kier molecular flexibility index (Phi) is 5.04. The van der Waals surface area contributed by atoms with E-state index in [2.05, 4.69) is 31.3 Å². The highest BCUT2D eigenvalue weighted by molar-refractivity contribution is 5.85. The highest BCUT2D eigenvalue weighted by Gasteiger charge is 2.49. The number of benzene rings is 1. The lowest BCUT2D eigenvalue weighted by Crippen LogP contribution is -2.42. The number of rotatable bonds is 8. The van der Waals surface area contributed by atoms with Gasteiger partial charge >= 0.3 is 0 Å². The lowest BCUT2D eigenvalue weighted by molar-refractivity contribution is -0.127. The number of nitrogens with one attached hydrogen (secondary N) is 1. The van der Waals surface area contributed by atoms with Crippen LogP contribution < -0.4 is 5.32 Å². The number of aliphatic hydroxyl groups excluding tert-OH is 1.